The van der Waals surface area contributed by atoms with Crippen LogP contribution in [0.5, 0.6) is 0 Å². The zero-order valence-electron chi connectivity index (χ0n) is 13.2. The number of halogens is 1. The lowest BCUT2D eigenvalue weighted by Gasteiger charge is -2.20. The lowest BCUT2D eigenvalue weighted by molar-refractivity contribution is -0.384. The van der Waals surface area contributed by atoms with E-state index in [9.17, 15) is 18.5 Å². The molecule has 1 atom stereocenters. The summed E-state index contributed by atoms with van der Waals surface area (Å²) in [6.07, 6.45) is 0.698. The Morgan fingerprint density at radius 2 is 1.80 bits per heavy atom. The van der Waals surface area contributed by atoms with Gasteiger partial charge in [-0.25, -0.2) is 8.42 Å². The molecule has 0 aliphatic carbocycles. The van der Waals surface area contributed by atoms with Crippen molar-refractivity contribution in [3.8, 4) is 0 Å². The second kappa shape index (κ2) is 7.38. The third-order valence-corrected chi connectivity index (χ3v) is 5.98. The Morgan fingerprint density at radius 3 is 2.40 bits per heavy atom. The fourth-order valence-corrected chi connectivity index (χ4v) is 4.54. The van der Waals surface area contributed by atoms with Crippen molar-refractivity contribution in [1.82, 2.24) is 0 Å². The van der Waals surface area contributed by atoms with Gasteiger partial charge in [-0.3, -0.25) is 14.4 Å². The van der Waals surface area contributed by atoms with E-state index in [0.29, 0.717) is 25.2 Å². The number of hydrogen-bond acceptors (Lipinski definition) is 5. The molecule has 1 heterocycles. The molecule has 0 saturated carbocycles. The van der Waals surface area contributed by atoms with Gasteiger partial charge in [0.15, 0.2) is 0 Å². The molecule has 1 aliphatic heterocycles. The van der Waals surface area contributed by atoms with Crippen LogP contribution in [0, 0.1) is 10.1 Å². The summed E-state index contributed by atoms with van der Waals surface area (Å²) in [5, 5.41) is 10.7. The molecule has 0 fully saturated rings. The Balaban J connectivity index is 0.00000225. The standard InChI is InChI=1S/C16H17N3O4S.ClH/c17-10-9-12-11-18(16-4-2-1-3-15(12)16)24(22,23)14-7-5-13(6-8-14)19(20)21;/h1-8,12H,9-11,17H2;1H. The van der Waals surface area contributed by atoms with Crippen LogP contribution in [-0.2, 0) is 10.0 Å². The van der Waals surface area contributed by atoms with Crippen molar-refractivity contribution in [2.45, 2.75) is 17.2 Å². The SMILES string of the molecule is Cl.NCCC1CN(S(=O)(=O)c2ccc([N+](=O)[O-])cc2)c2ccccc21. The number of rotatable bonds is 5. The molecule has 0 radical (unpaired) electrons. The summed E-state index contributed by atoms with van der Waals surface area (Å²) in [5.74, 6) is 0.0547. The van der Waals surface area contributed by atoms with E-state index in [1.54, 1.807) is 12.1 Å². The molecule has 2 N–H and O–H groups in total. The Labute approximate surface area is 152 Å². The van der Waals surface area contributed by atoms with E-state index in [1.165, 1.54) is 28.6 Å². The molecular weight excluding hydrogens is 366 g/mol. The van der Waals surface area contributed by atoms with E-state index in [2.05, 4.69) is 0 Å². The highest BCUT2D eigenvalue weighted by Gasteiger charge is 2.36. The zero-order valence-corrected chi connectivity index (χ0v) is 14.9. The highest BCUT2D eigenvalue weighted by molar-refractivity contribution is 7.92. The Bertz CT molecular complexity index is 871. The number of fused-ring (bicyclic) bond motifs is 1. The first kappa shape index (κ1) is 19.2. The average Bonchev–Trinajstić information content (AvgIpc) is 2.95. The number of nitrogens with zero attached hydrogens (tertiary/aromatic N) is 2. The molecule has 2 aromatic rings. The topological polar surface area (TPSA) is 107 Å². The first-order valence-electron chi connectivity index (χ1n) is 7.51. The first-order chi connectivity index (χ1) is 11.4. The largest absolute Gasteiger partial charge is 0.330 e. The maximum absolute atomic E-state index is 13.0. The molecule has 0 amide bonds. The summed E-state index contributed by atoms with van der Waals surface area (Å²) in [6, 6.07) is 12.3. The summed E-state index contributed by atoms with van der Waals surface area (Å²) in [6.45, 7) is 0.806. The van der Waals surface area contributed by atoms with Gasteiger partial charge in [-0.1, -0.05) is 18.2 Å². The van der Waals surface area contributed by atoms with E-state index in [1.807, 2.05) is 12.1 Å². The summed E-state index contributed by atoms with van der Waals surface area (Å²) in [5.41, 5.74) is 7.12. The smallest absolute Gasteiger partial charge is 0.269 e. The Hall–Kier alpha value is -2.16. The molecule has 9 heteroatoms. The van der Waals surface area contributed by atoms with Crippen LogP contribution in [0.15, 0.2) is 53.4 Å². The molecule has 0 aromatic heterocycles. The van der Waals surface area contributed by atoms with Gasteiger partial charge in [0.2, 0.25) is 0 Å². The average molecular weight is 384 g/mol. The van der Waals surface area contributed by atoms with Gasteiger partial charge in [0.25, 0.3) is 15.7 Å². The van der Waals surface area contributed by atoms with Crippen LogP contribution in [-0.4, -0.2) is 26.4 Å². The number of nitro groups is 1. The highest BCUT2D eigenvalue weighted by Crippen LogP contribution is 2.40. The van der Waals surface area contributed by atoms with Crippen molar-refractivity contribution in [1.29, 1.82) is 0 Å². The Kier molecular flexibility index (Phi) is 5.66. The minimum atomic E-state index is -3.78. The van der Waals surface area contributed by atoms with Crippen molar-refractivity contribution in [2.24, 2.45) is 5.73 Å². The van der Waals surface area contributed by atoms with Crippen LogP contribution in [0.3, 0.4) is 0 Å². The number of anilines is 1. The molecule has 1 aliphatic rings. The van der Waals surface area contributed by atoms with Crippen LogP contribution in [0.25, 0.3) is 0 Å². The lowest BCUT2D eigenvalue weighted by Crippen LogP contribution is -2.30. The van der Waals surface area contributed by atoms with Crippen molar-refractivity contribution >= 4 is 33.8 Å². The number of nitro benzene ring substituents is 1. The van der Waals surface area contributed by atoms with Crippen LogP contribution < -0.4 is 10.0 Å². The monoisotopic (exact) mass is 383 g/mol. The van der Waals surface area contributed by atoms with Crippen LogP contribution in [0.1, 0.15) is 17.9 Å². The summed E-state index contributed by atoms with van der Waals surface area (Å²) < 4.78 is 27.3. The predicted octanol–water partition coefficient (Wildman–Crippen LogP) is 2.66. The number of sulfonamides is 1. The molecule has 0 spiro atoms. The third kappa shape index (κ3) is 3.46. The van der Waals surface area contributed by atoms with E-state index in [-0.39, 0.29) is 28.9 Å². The van der Waals surface area contributed by atoms with Crippen molar-refractivity contribution in [3.05, 3.63) is 64.2 Å². The van der Waals surface area contributed by atoms with Crippen LogP contribution in [0.4, 0.5) is 11.4 Å². The van der Waals surface area contributed by atoms with E-state index < -0.39 is 14.9 Å². The number of benzene rings is 2. The van der Waals surface area contributed by atoms with Gasteiger partial charge < -0.3 is 5.73 Å². The van der Waals surface area contributed by atoms with Gasteiger partial charge in [-0.2, -0.15) is 0 Å². The van der Waals surface area contributed by atoms with Crippen molar-refractivity contribution < 1.29 is 13.3 Å². The van der Waals surface area contributed by atoms with Gasteiger partial charge in [0, 0.05) is 24.6 Å². The Morgan fingerprint density at radius 1 is 1.16 bits per heavy atom. The number of hydrogen-bond donors (Lipinski definition) is 1. The zero-order chi connectivity index (χ0) is 17.3. The van der Waals surface area contributed by atoms with E-state index >= 15 is 0 Å². The molecule has 0 saturated heterocycles. The third-order valence-electron chi connectivity index (χ3n) is 4.18. The van der Waals surface area contributed by atoms with Gasteiger partial charge in [-0.15, -0.1) is 12.4 Å². The molecule has 134 valence electrons. The quantitative estimate of drug-likeness (QED) is 0.631. The number of para-hydroxylation sites is 1. The summed E-state index contributed by atoms with van der Waals surface area (Å²) >= 11 is 0. The predicted molar refractivity (Wildman–Crippen MR) is 97.7 cm³/mol. The van der Waals surface area contributed by atoms with Gasteiger partial charge in [-0.05, 0) is 36.7 Å². The second-order valence-electron chi connectivity index (χ2n) is 5.62. The van der Waals surface area contributed by atoms with Crippen LogP contribution in [0.2, 0.25) is 0 Å². The molecule has 25 heavy (non-hydrogen) atoms. The molecule has 0 bridgehead atoms. The number of non-ortho nitro benzene ring substituents is 1. The minimum absolute atomic E-state index is 0. The van der Waals surface area contributed by atoms with Gasteiger partial charge in [0.05, 0.1) is 15.5 Å². The fourth-order valence-electron chi connectivity index (χ4n) is 3.00. The fraction of sp³-hybridized carbons (Fsp3) is 0.250. The second-order valence-corrected chi connectivity index (χ2v) is 7.48. The van der Waals surface area contributed by atoms with Gasteiger partial charge >= 0.3 is 0 Å². The lowest BCUT2D eigenvalue weighted by atomic mass is 9.98. The van der Waals surface area contributed by atoms with Crippen LogP contribution >= 0.6 is 12.4 Å². The number of nitrogens with two attached hydrogens (primary N) is 1. The van der Waals surface area contributed by atoms with Crippen molar-refractivity contribution in [2.75, 3.05) is 17.4 Å². The molecule has 2 aromatic carbocycles. The molecule has 3 rings (SSSR count). The van der Waals surface area contributed by atoms with Gasteiger partial charge in [0.1, 0.15) is 0 Å². The summed E-state index contributed by atoms with van der Waals surface area (Å²) in [7, 11) is -3.78. The molecular formula is C16H18ClN3O4S. The molecule has 1 unspecified atom stereocenters. The summed E-state index contributed by atoms with van der Waals surface area (Å²) in [4.78, 5) is 10.2. The first-order valence-corrected chi connectivity index (χ1v) is 8.95. The highest BCUT2D eigenvalue weighted by atomic mass is 35.5. The maximum atomic E-state index is 13.0. The van der Waals surface area contributed by atoms with E-state index in [4.69, 9.17) is 5.73 Å². The van der Waals surface area contributed by atoms with E-state index in [0.717, 1.165) is 5.56 Å². The minimum Gasteiger partial charge on any atom is -0.330 e. The van der Waals surface area contributed by atoms with Crippen molar-refractivity contribution in [3.63, 3.8) is 0 Å². The maximum Gasteiger partial charge on any atom is 0.269 e. The normalized spacial score (nSPS) is 16.2. The molecule has 7 nitrogen and oxygen atoms in total.